The van der Waals surface area contributed by atoms with E-state index in [2.05, 4.69) is 5.92 Å². The maximum absolute atomic E-state index is 11.9. The van der Waals surface area contributed by atoms with Crippen LogP contribution in [0, 0.1) is 18.3 Å². The van der Waals surface area contributed by atoms with Crippen LogP contribution < -0.4 is 5.73 Å². The predicted octanol–water partition coefficient (Wildman–Crippen LogP) is 1.23. The van der Waals surface area contributed by atoms with Gasteiger partial charge in [0.2, 0.25) is 5.91 Å². The molecule has 0 fully saturated rings. The fourth-order valence-electron chi connectivity index (χ4n) is 1.36. The zero-order chi connectivity index (χ0) is 11.8. The van der Waals surface area contributed by atoms with Gasteiger partial charge in [-0.25, -0.2) is 0 Å². The lowest BCUT2D eigenvalue weighted by Gasteiger charge is -2.26. The van der Waals surface area contributed by atoms with E-state index in [0.29, 0.717) is 13.1 Å². The van der Waals surface area contributed by atoms with E-state index in [1.165, 1.54) is 0 Å². The largest absolute Gasteiger partial charge is 0.330 e. The summed E-state index contributed by atoms with van der Waals surface area (Å²) in [7, 11) is 0. The van der Waals surface area contributed by atoms with Crippen molar-refractivity contribution in [2.45, 2.75) is 39.7 Å². The second-order valence-corrected chi connectivity index (χ2v) is 3.88. The normalized spacial score (nSPS) is 14.1. The Morgan fingerprint density at radius 1 is 1.53 bits per heavy atom. The first-order valence-electron chi connectivity index (χ1n) is 5.56. The zero-order valence-electron chi connectivity index (χ0n) is 9.99. The van der Waals surface area contributed by atoms with Crippen LogP contribution in [0.4, 0.5) is 0 Å². The molecular weight excluding hydrogens is 188 g/mol. The molecule has 0 spiro atoms. The summed E-state index contributed by atoms with van der Waals surface area (Å²) in [6, 6.07) is -0.421. The van der Waals surface area contributed by atoms with Crippen molar-refractivity contribution in [3.63, 3.8) is 0 Å². The van der Waals surface area contributed by atoms with E-state index in [4.69, 9.17) is 12.2 Å². The zero-order valence-corrected chi connectivity index (χ0v) is 9.99. The minimum absolute atomic E-state index is 0.0239. The van der Waals surface area contributed by atoms with Gasteiger partial charge in [0, 0.05) is 6.54 Å². The van der Waals surface area contributed by atoms with Gasteiger partial charge in [-0.15, -0.1) is 6.42 Å². The third-order valence-electron chi connectivity index (χ3n) is 2.63. The highest BCUT2D eigenvalue weighted by molar-refractivity contribution is 5.82. The molecule has 15 heavy (non-hydrogen) atoms. The molecule has 0 saturated carbocycles. The van der Waals surface area contributed by atoms with Gasteiger partial charge in [0.15, 0.2) is 0 Å². The molecule has 0 aromatic carbocycles. The van der Waals surface area contributed by atoms with E-state index in [0.717, 1.165) is 12.8 Å². The van der Waals surface area contributed by atoms with Crippen LogP contribution in [0.1, 0.15) is 33.6 Å². The highest BCUT2D eigenvalue weighted by atomic mass is 16.2. The first kappa shape index (κ1) is 14.0. The average molecular weight is 210 g/mol. The van der Waals surface area contributed by atoms with E-state index in [-0.39, 0.29) is 11.8 Å². The minimum atomic E-state index is -0.421. The van der Waals surface area contributed by atoms with E-state index in [1.807, 2.05) is 20.8 Å². The third-order valence-corrected chi connectivity index (χ3v) is 2.63. The standard InChI is InChI=1S/C12H22N2O/c1-5-8-14(9-6-2)12(15)11(13)10(4)7-3/h1,10-11H,6-9,13H2,2-4H3/t10?,11-/m0/s1. The van der Waals surface area contributed by atoms with Crippen LogP contribution in [0.5, 0.6) is 0 Å². The topological polar surface area (TPSA) is 46.3 Å². The molecule has 0 aliphatic carbocycles. The highest BCUT2D eigenvalue weighted by Gasteiger charge is 2.23. The van der Waals surface area contributed by atoms with Crippen LogP contribution in [0.2, 0.25) is 0 Å². The summed E-state index contributed by atoms with van der Waals surface area (Å²) in [5, 5.41) is 0. The Balaban J connectivity index is 4.42. The molecule has 0 aromatic rings. The predicted molar refractivity (Wildman–Crippen MR) is 63.1 cm³/mol. The van der Waals surface area contributed by atoms with Crippen molar-refractivity contribution < 1.29 is 4.79 Å². The number of nitrogens with two attached hydrogens (primary N) is 1. The van der Waals surface area contributed by atoms with Gasteiger partial charge < -0.3 is 10.6 Å². The lowest BCUT2D eigenvalue weighted by molar-refractivity contribution is -0.133. The molecule has 0 aliphatic rings. The summed E-state index contributed by atoms with van der Waals surface area (Å²) >= 11 is 0. The molecule has 0 aliphatic heterocycles. The van der Waals surface area contributed by atoms with Gasteiger partial charge in [0.25, 0.3) is 0 Å². The number of hydrogen-bond donors (Lipinski definition) is 1. The maximum atomic E-state index is 11.9. The molecule has 3 heteroatoms. The van der Waals surface area contributed by atoms with Gasteiger partial charge in [-0.1, -0.05) is 33.1 Å². The van der Waals surface area contributed by atoms with Crippen LogP contribution >= 0.6 is 0 Å². The minimum Gasteiger partial charge on any atom is -0.330 e. The van der Waals surface area contributed by atoms with Crippen molar-refractivity contribution in [1.29, 1.82) is 0 Å². The Hall–Kier alpha value is -1.01. The van der Waals surface area contributed by atoms with E-state index >= 15 is 0 Å². The van der Waals surface area contributed by atoms with Gasteiger partial charge in [0.05, 0.1) is 12.6 Å². The summed E-state index contributed by atoms with van der Waals surface area (Å²) < 4.78 is 0. The summed E-state index contributed by atoms with van der Waals surface area (Å²) in [6.45, 7) is 7.08. The summed E-state index contributed by atoms with van der Waals surface area (Å²) in [5.74, 6) is 2.67. The molecule has 1 unspecified atom stereocenters. The molecule has 0 aromatic heterocycles. The Morgan fingerprint density at radius 2 is 2.13 bits per heavy atom. The third kappa shape index (κ3) is 4.35. The van der Waals surface area contributed by atoms with Crippen molar-refractivity contribution in [3.8, 4) is 12.3 Å². The molecule has 2 N–H and O–H groups in total. The average Bonchev–Trinajstić information content (AvgIpc) is 2.25. The first-order valence-corrected chi connectivity index (χ1v) is 5.56. The molecule has 0 radical (unpaired) electrons. The summed E-state index contributed by atoms with van der Waals surface area (Å²) in [6.07, 6.45) is 7.03. The van der Waals surface area contributed by atoms with Crippen LogP contribution in [-0.4, -0.2) is 29.9 Å². The molecule has 0 saturated heterocycles. The van der Waals surface area contributed by atoms with Crippen LogP contribution in [0.3, 0.4) is 0 Å². The van der Waals surface area contributed by atoms with Crippen molar-refractivity contribution in [2.24, 2.45) is 11.7 Å². The molecule has 0 bridgehead atoms. The maximum Gasteiger partial charge on any atom is 0.240 e. The van der Waals surface area contributed by atoms with E-state index in [1.54, 1.807) is 4.90 Å². The molecule has 0 rings (SSSR count). The van der Waals surface area contributed by atoms with Gasteiger partial charge in [-0.05, 0) is 12.3 Å². The molecule has 2 atom stereocenters. The Kier molecular flexibility index (Phi) is 6.81. The fraction of sp³-hybridized carbons (Fsp3) is 0.750. The van der Waals surface area contributed by atoms with Crippen LogP contribution in [0.25, 0.3) is 0 Å². The quantitative estimate of drug-likeness (QED) is 0.670. The van der Waals surface area contributed by atoms with E-state index < -0.39 is 6.04 Å². The van der Waals surface area contributed by atoms with Gasteiger partial charge in [-0.2, -0.15) is 0 Å². The van der Waals surface area contributed by atoms with Crippen LogP contribution in [-0.2, 0) is 4.79 Å². The van der Waals surface area contributed by atoms with Gasteiger partial charge in [-0.3, -0.25) is 4.79 Å². The SMILES string of the molecule is C#CCN(CCC)C(=O)[C@@H](N)C(C)CC. The molecule has 3 nitrogen and oxygen atoms in total. The first-order chi connectivity index (χ1) is 7.08. The summed E-state index contributed by atoms with van der Waals surface area (Å²) in [5.41, 5.74) is 5.87. The van der Waals surface area contributed by atoms with Gasteiger partial charge in [0.1, 0.15) is 0 Å². The van der Waals surface area contributed by atoms with Crippen molar-refractivity contribution in [2.75, 3.05) is 13.1 Å². The Morgan fingerprint density at radius 3 is 2.53 bits per heavy atom. The van der Waals surface area contributed by atoms with Crippen molar-refractivity contribution in [3.05, 3.63) is 0 Å². The fourth-order valence-corrected chi connectivity index (χ4v) is 1.36. The molecule has 0 heterocycles. The van der Waals surface area contributed by atoms with E-state index in [9.17, 15) is 4.79 Å². The highest BCUT2D eigenvalue weighted by Crippen LogP contribution is 2.08. The lowest BCUT2D eigenvalue weighted by Crippen LogP contribution is -2.47. The number of hydrogen-bond acceptors (Lipinski definition) is 2. The van der Waals surface area contributed by atoms with Gasteiger partial charge >= 0.3 is 0 Å². The smallest absolute Gasteiger partial charge is 0.240 e. The molecule has 1 amide bonds. The number of rotatable bonds is 6. The summed E-state index contributed by atoms with van der Waals surface area (Å²) in [4.78, 5) is 13.6. The van der Waals surface area contributed by atoms with Crippen molar-refractivity contribution >= 4 is 5.91 Å². The monoisotopic (exact) mass is 210 g/mol. The number of carbonyl (C=O) groups is 1. The number of amides is 1. The number of carbonyl (C=O) groups excluding carboxylic acids is 1. The lowest BCUT2D eigenvalue weighted by atomic mass is 9.99. The molecule has 86 valence electrons. The van der Waals surface area contributed by atoms with Crippen molar-refractivity contribution in [1.82, 2.24) is 4.90 Å². The Labute approximate surface area is 93.0 Å². The number of terminal acetylenes is 1. The second-order valence-electron chi connectivity index (χ2n) is 3.88. The number of nitrogens with zero attached hydrogens (tertiary/aromatic N) is 1. The molecular formula is C12H22N2O. The second kappa shape index (κ2) is 7.30. The Bertz CT molecular complexity index is 232. The van der Waals surface area contributed by atoms with Crippen LogP contribution in [0.15, 0.2) is 0 Å².